The molecule has 1 fully saturated rings. The molecule has 162 valence electrons. The Labute approximate surface area is 184 Å². The number of anilines is 3. The van der Waals surface area contributed by atoms with Crippen molar-refractivity contribution in [2.24, 2.45) is 0 Å². The molecule has 1 aromatic carbocycles. The zero-order valence-corrected chi connectivity index (χ0v) is 17.4. The number of aromatic nitrogens is 3. The van der Waals surface area contributed by atoms with Crippen LogP contribution in [0, 0.1) is 0 Å². The summed E-state index contributed by atoms with van der Waals surface area (Å²) in [7, 11) is 6.32. The number of nitrogen functional groups attached to an aromatic ring is 1. The van der Waals surface area contributed by atoms with Crippen molar-refractivity contribution >= 4 is 47.5 Å². The van der Waals surface area contributed by atoms with E-state index in [-0.39, 0.29) is 23.0 Å². The van der Waals surface area contributed by atoms with Gasteiger partial charge in [0.25, 0.3) is 0 Å². The number of ether oxygens (including phenoxy) is 1. The van der Waals surface area contributed by atoms with Gasteiger partial charge in [0.05, 0.1) is 35.3 Å². The first-order chi connectivity index (χ1) is 15.3. The van der Waals surface area contributed by atoms with Crippen LogP contribution in [0.25, 0.3) is 10.9 Å². The summed E-state index contributed by atoms with van der Waals surface area (Å²) < 4.78 is 7.79. The quantitative estimate of drug-likeness (QED) is 0.504. The van der Waals surface area contributed by atoms with Crippen molar-refractivity contribution in [1.82, 2.24) is 14.5 Å². The molecule has 5 rings (SSSR count). The highest BCUT2D eigenvalue weighted by Gasteiger charge is 2.30. The maximum Gasteiger partial charge on any atom is 0.341 e. The molecule has 2 aliphatic rings. The van der Waals surface area contributed by atoms with Gasteiger partial charge in [-0.3, -0.25) is 4.79 Å². The van der Waals surface area contributed by atoms with Crippen molar-refractivity contribution in [2.45, 2.75) is 25.4 Å². The van der Waals surface area contributed by atoms with Crippen LogP contribution >= 0.6 is 0 Å². The minimum atomic E-state index is -1.27. The molecule has 32 heavy (non-hydrogen) atoms. The van der Waals surface area contributed by atoms with Crippen LogP contribution in [0.2, 0.25) is 0 Å². The molecule has 2 aliphatic heterocycles. The van der Waals surface area contributed by atoms with E-state index in [0.29, 0.717) is 47.2 Å². The van der Waals surface area contributed by atoms with E-state index in [9.17, 15) is 14.7 Å². The molecule has 10 nitrogen and oxygen atoms in total. The summed E-state index contributed by atoms with van der Waals surface area (Å²) in [5.74, 6) is -0.191. The highest BCUT2D eigenvalue weighted by atomic mass is 16.5. The highest BCUT2D eigenvalue weighted by Crippen LogP contribution is 2.37. The summed E-state index contributed by atoms with van der Waals surface area (Å²) in [5, 5.41) is 13.2. The molecular formula is C21H21BN6O4. The molecule has 0 amide bonds. The van der Waals surface area contributed by atoms with Crippen molar-refractivity contribution < 1.29 is 14.6 Å². The first-order valence-corrected chi connectivity index (χ1v) is 10.3. The van der Waals surface area contributed by atoms with E-state index in [1.807, 2.05) is 6.92 Å². The Morgan fingerprint density at radius 1 is 1.38 bits per heavy atom. The van der Waals surface area contributed by atoms with Gasteiger partial charge in [-0.05, 0) is 13.3 Å². The molecule has 1 saturated heterocycles. The summed E-state index contributed by atoms with van der Waals surface area (Å²) in [6.45, 7) is 3.65. The molecule has 11 heteroatoms. The fraction of sp³-hybridized carbons (Fsp3) is 0.333. The van der Waals surface area contributed by atoms with Gasteiger partial charge in [0.15, 0.2) is 5.75 Å². The summed E-state index contributed by atoms with van der Waals surface area (Å²) in [6.07, 6.45) is 5.37. The van der Waals surface area contributed by atoms with Gasteiger partial charge in [-0.25, -0.2) is 14.8 Å². The molecule has 4 heterocycles. The number of nitrogens with zero attached hydrogens (tertiary/aromatic N) is 4. The molecule has 2 radical (unpaired) electrons. The van der Waals surface area contributed by atoms with E-state index in [1.165, 1.54) is 12.3 Å². The number of nitrogens with two attached hydrogens (primary N) is 1. The lowest BCUT2D eigenvalue weighted by atomic mass is 9.90. The SMILES string of the molecule is [B]c1cc2c(=O)c(C(=O)O)cn3c2c(c1NC1CCN(c2ncc(N)cn2)C1)OC[C@@H]3C. The van der Waals surface area contributed by atoms with Crippen molar-refractivity contribution in [2.75, 3.05) is 35.6 Å². The lowest BCUT2D eigenvalue weighted by molar-refractivity contribution is 0.0694. The van der Waals surface area contributed by atoms with E-state index in [1.54, 1.807) is 17.0 Å². The molecule has 1 unspecified atom stereocenters. The number of carboxylic acids is 1. The minimum Gasteiger partial charge on any atom is -0.487 e. The Hall–Kier alpha value is -3.76. The Morgan fingerprint density at radius 3 is 2.84 bits per heavy atom. The number of hydrogen-bond acceptors (Lipinski definition) is 8. The van der Waals surface area contributed by atoms with E-state index < -0.39 is 11.4 Å². The van der Waals surface area contributed by atoms with Crippen LogP contribution in [0.4, 0.5) is 17.3 Å². The van der Waals surface area contributed by atoms with Gasteiger partial charge in [-0.15, -0.1) is 0 Å². The van der Waals surface area contributed by atoms with Crippen LogP contribution in [0.1, 0.15) is 29.7 Å². The van der Waals surface area contributed by atoms with Gasteiger partial charge in [0.2, 0.25) is 11.4 Å². The summed E-state index contributed by atoms with van der Waals surface area (Å²) >= 11 is 0. The van der Waals surface area contributed by atoms with Crippen LogP contribution in [-0.4, -0.2) is 59.2 Å². The molecule has 0 bridgehead atoms. The second kappa shape index (κ2) is 7.43. The predicted octanol–water partition coefficient (Wildman–Crippen LogP) is 0.510. The highest BCUT2D eigenvalue weighted by molar-refractivity contribution is 6.37. The van der Waals surface area contributed by atoms with E-state index in [2.05, 4.69) is 20.2 Å². The fourth-order valence-electron chi connectivity index (χ4n) is 4.34. The molecule has 4 N–H and O–H groups in total. The molecule has 0 spiro atoms. The number of nitrogens with one attached hydrogen (secondary N) is 1. The molecule has 0 saturated carbocycles. The van der Waals surface area contributed by atoms with Crippen LogP contribution in [-0.2, 0) is 0 Å². The Balaban J connectivity index is 1.52. The Bertz CT molecular complexity index is 1290. The number of benzene rings is 1. The number of carbonyl (C=O) groups is 1. The zero-order chi connectivity index (χ0) is 22.6. The third-order valence-electron chi connectivity index (χ3n) is 5.95. The van der Waals surface area contributed by atoms with E-state index >= 15 is 0 Å². The lowest BCUT2D eigenvalue weighted by Gasteiger charge is -2.30. The third kappa shape index (κ3) is 3.20. The summed E-state index contributed by atoms with van der Waals surface area (Å²) in [6, 6.07) is 1.45. The molecule has 0 aliphatic carbocycles. The van der Waals surface area contributed by atoms with Gasteiger partial charge in [0.1, 0.15) is 20.0 Å². The molecule has 2 aromatic heterocycles. The van der Waals surface area contributed by atoms with Crippen molar-refractivity contribution in [3.63, 3.8) is 0 Å². The van der Waals surface area contributed by atoms with Gasteiger partial charge in [-0.2, -0.15) is 0 Å². The van der Waals surface area contributed by atoms with Gasteiger partial charge >= 0.3 is 5.97 Å². The molecule has 3 aromatic rings. The Kier molecular flexibility index (Phi) is 4.68. The fourth-order valence-corrected chi connectivity index (χ4v) is 4.34. The summed E-state index contributed by atoms with van der Waals surface area (Å²) in [5.41, 5.74) is 6.80. The van der Waals surface area contributed by atoms with E-state index in [4.69, 9.17) is 18.3 Å². The molecule has 2 atom stereocenters. The summed E-state index contributed by atoms with van der Waals surface area (Å²) in [4.78, 5) is 35.0. The van der Waals surface area contributed by atoms with Crippen molar-refractivity contribution in [1.29, 1.82) is 0 Å². The predicted molar refractivity (Wildman–Crippen MR) is 121 cm³/mol. The van der Waals surface area contributed by atoms with Crippen molar-refractivity contribution in [3.8, 4) is 5.75 Å². The van der Waals surface area contributed by atoms with Gasteiger partial charge < -0.3 is 30.4 Å². The number of pyridine rings is 1. The van der Waals surface area contributed by atoms with Crippen LogP contribution < -0.4 is 31.6 Å². The lowest BCUT2D eigenvalue weighted by Crippen LogP contribution is -2.32. The first-order valence-electron chi connectivity index (χ1n) is 10.3. The minimum absolute atomic E-state index is 0.0496. The monoisotopic (exact) mass is 432 g/mol. The normalized spacial score (nSPS) is 19.7. The smallest absolute Gasteiger partial charge is 0.341 e. The largest absolute Gasteiger partial charge is 0.487 e. The number of aromatic carboxylic acids is 1. The van der Waals surface area contributed by atoms with E-state index in [0.717, 1.165) is 13.0 Å². The van der Waals surface area contributed by atoms with Crippen LogP contribution in [0.5, 0.6) is 5.75 Å². The average molecular weight is 432 g/mol. The number of hydrogen-bond donors (Lipinski definition) is 3. The molecular weight excluding hydrogens is 411 g/mol. The standard InChI is InChI=1S/C21H21BN6O4/c1-10-9-32-19-16(26-12-2-3-27(7-12)21-24-5-11(23)6-25-21)15(22)4-13-17(19)28(10)8-14(18(13)29)20(30)31/h4-6,8,10,12,26H,2-3,7,9,23H2,1H3,(H,30,31)/t10-,12?/m0/s1. The topological polar surface area (TPSA) is 136 Å². The first kappa shape index (κ1) is 20.2. The van der Waals surface area contributed by atoms with Gasteiger partial charge in [0, 0.05) is 30.7 Å². The zero-order valence-electron chi connectivity index (χ0n) is 17.4. The Morgan fingerprint density at radius 2 is 2.12 bits per heavy atom. The number of carboxylic acid groups (broad SMARTS) is 1. The average Bonchev–Trinajstić information content (AvgIpc) is 3.23. The van der Waals surface area contributed by atoms with Crippen LogP contribution in [0.3, 0.4) is 0 Å². The van der Waals surface area contributed by atoms with Crippen molar-refractivity contribution in [3.05, 3.63) is 40.4 Å². The van der Waals surface area contributed by atoms with Crippen LogP contribution in [0.15, 0.2) is 29.5 Å². The maximum atomic E-state index is 12.8. The second-order valence-electron chi connectivity index (χ2n) is 8.20. The maximum absolute atomic E-state index is 12.8. The number of rotatable bonds is 4. The second-order valence-corrected chi connectivity index (χ2v) is 8.20. The third-order valence-corrected chi connectivity index (χ3v) is 5.95. The van der Waals surface area contributed by atoms with Gasteiger partial charge in [-0.1, -0.05) is 11.5 Å².